The normalized spacial score (nSPS) is 16.4. The number of carbonyl (C=O) groups is 1. The third kappa shape index (κ3) is 3.80. The van der Waals surface area contributed by atoms with E-state index in [1.54, 1.807) is 0 Å². The monoisotopic (exact) mass is 265 g/mol. The van der Waals surface area contributed by atoms with Crippen LogP contribution in [0.5, 0.6) is 0 Å². The summed E-state index contributed by atoms with van der Waals surface area (Å²) in [6, 6.07) is 0.160. The first-order valence-corrected chi connectivity index (χ1v) is 6.99. The van der Waals surface area contributed by atoms with Gasteiger partial charge in [-0.2, -0.15) is 5.10 Å². The number of aliphatic hydroxyl groups is 1. The highest BCUT2D eigenvalue weighted by Gasteiger charge is 2.31. The van der Waals surface area contributed by atoms with Gasteiger partial charge in [0.15, 0.2) is 0 Å². The van der Waals surface area contributed by atoms with Crippen LogP contribution in [0.25, 0.3) is 0 Å². The summed E-state index contributed by atoms with van der Waals surface area (Å²) in [7, 11) is 1.91. The Morgan fingerprint density at radius 1 is 1.63 bits per heavy atom. The van der Waals surface area contributed by atoms with E-state index in [2.05, 4.69) is 10.4 Å². The van der Waals surface area contributed by atoms with Gasteiger partial charge < -0.3 is 10.4 Å². The first kappa shape index (κ1) is 14.1. The molecule has 1 heterocycles. The van der Waals surface area contributed by atoms with Crippen LogP contribution in [0.15, 0.2) is 6.20 Å². The quantitative estimate of drug-likeness (QED) is 0.771. The molecule has 1 aromatic heterocycles. The van der Waals surface area contributed by atoms with Crippen molar-refractivity contribution in [2.45, 2.75) is 45.1 Å². The van der Waals surface area contributed by atoms with Crippen LogP contribution in [0.3, 0.4) is 0 Å². The molecule has 1 fully saturated rings. The summed E-state index contributed by atoms with van der Waals surface area (Å²) in [5.41, 5.74) is 2.24. The van der Waals surface area contributed by atoms with Crippen molar-refractivity contribution in [2.24, 2.45) is 13.0 Å². The van der Waals surface area contributed by atoms with Crippen LogP contribution in [-0.2, 0) is 18.3 Å². The van der Waals surface area contributed by atoms with Crippen molar-refractivity contribution in [3.63, 3.8) is 0 Å². The minimum absolute atomic E-state index is 0.0774. The molecular formula is C14H23N3O2. The maximum atomic E-state index is 11.9. The first-order chi connectivity index (χ1) is 9.11. The van der Waals surface area contributed by atoms with Crippen molar-refractivity contribution in [3.05, 3.63) is 17.5 Å². The third-order valence-corrected chi connectivity index (χ3v) is 3.94. The Labute approximate surface area is 114 Å². The number of carbonyl (C=O) groups excluding carboxylic acids is 1. The minimum Gasteiger partial charge on any atom is -0.396 e. The van der Waals surface area contributed by atoms with Gasteiger partial charge in [0.05, 0.1) is 6.20 Å². The Morgan fingerprint density at radius 2 is 2.37 bits per heavy atom. The number of hydrogen-bond acceptors (Lipinski definition) is 3. The molecule has 2 N–H and O–H groups in total. The zero-order valence-corrected chi connectivity index (χ0v) is 11.7. The standard InChI is InChI=1S/C14H23N3O2/c1-10-12(9-15-17(10)2)5-6-14(19)16-13(7-8-18)11-3-4-11/h9,11,13,18H,3-8H2,1-2H3,(H,16,19). The predicted molar refractivity (Wildman–Crippen MR) is 72.6 cm³/mol. The molecule has 1 atom stereocenters. The average molecular weight is 265 g/mol. The van der Waals surface area contributed by atoms with E-state index in [0.29, 0.717) is 18.8 Å². The average Bonchev–Trinajstić information content (AvgIpc) is 3.17. The molecule has 1 unspecified atom stereocenters. The summed E-state index contributed by atoms with van der Waals surface area (Å²) in [6.45, 7) is 2.15. The van der Waals surface area contributed by atoms with E-state index in [0.717, 1.165) is 17.7 Å². The van der Waals surface area contributed by atoms with Crippen molar-refractivity contribution in [2.75, 3.05) is 6.61 Å². The van der Waals surface area contributed by atoms with Crippen LogP contribution < -0.4 is 5.32 Å². The fraction of sp³-hybridized carbons (Fsp3) is 0.714. The number of nitrogens with zero attached hydrogens (tertiary/aromatic N) is 2. The molecule has 1 aliphatic rings. The molecule has 0 aromatic carbocycles. The Kier molecular flexibility index (Phi) is 4.58. The van der Waals surface area contributed by atoms with Gasteiger partial charge in [-0.25, -0.2) is 0 Å². The van der Waals surface area contributed by atoms with Crippen LogP contribution in [-0.4, -0.2) is 33.4 Å². The number of nitrogens with one attached hydrogen (secondary N) is 1. The number of aromatic nitrogens is 2. The molecule has 0 aliphatic heterocycles. The predicted octanol–water partition coefficient (Wildman–Crippen LogP) is 0.938. The zero-order chi connectivity index (χ0) is 13.8. The molecule has 1 amide bonds. The van der Waals surface area contributed by atoms with Gasteiger partial charge in [0.1, 0.15) is 0 Å². The number of aliphatic hydroxyl groups excluding tert-OH is 1. The molecule has 0 saturated heterocycles. The topological polar surface area (TPSA) is 67.2 Å². The van der Waals surface area contributed by atoms with Crippen LogP contribution in [0.2, 0.25) is 0 Å². The van der Waals surface area contributed by atoms with Crippen LogP contribution in [0, 0.1) is 12.8 Å². The molecule has 2 rings (SSSR count). The lowest BCUT2D eigenvalue weighted by molar-refractivity contribution is -0.122. The van der Waals surface area contributed by atoms with Crippen LogP contribution in [0.4, 0.5) is 0 Å². The Morgan fingerprint density at radius 3 is 2.89 bits per heavy atom. The highest BCUT2D eigenvalue weighted by atomic mass is 16.3. The molecule has 106 valence electrons. The van der Waals surface area contributed by atoms with E-state index in [1.807, 2.05) is 24.9 Å². The van der Waals surface area contributed by atoms with E-state index < -0.39 is 0 Å². The van der Waals surface area contributed by atoms with Gasteiger partial charge in [-0.3, -0.25) is 9.48 Å². The lowest BCUT2D eigenvalue weighted by Crippen LogP contribution is -2.37. The number of aryl methyl sites for hydroxylation is 2. The van der Waals surface area contributed by atoms with Gasteiger partial charge in [0.25, 0.3) is 0 Å². The SMILES string of the molecule is Cc1c(CCC(=O)NC(CCO)C2CC2)cnn1C. The fourth-order valence-electron chi connectivity index (χ4n) is 2.38. The van der Waals surface area contributed by atoms with Crippen LogP contribution in [0.1, 0.15) is 36.9 Å². The van der Waals surface area contributed by atoms with Gasteiger partial charge in [0.2, 0.25) is 5.91 Å². The molecule has 0 spiro atoms. The molecule has 1 saturated carbocycles. The van der Waals surface area contributed by atoms with Crippen molar-refractivity contribution < 1.29 is 9.90 Å². The molecule has 5 nitrogen and oxygen atoms in total. The van der Waals surface area contributed by atoms with Crippen molar-refractivity contribution in [3.8, 4) is 0 Å². The minimum atomic E-state index is 0.0774. The van der Waals surface area contributed by atoms with E-state index >= 15 is 0 Å². The lowest BCUT2D eigenvalue weighted by Gasteiger charge is -2.17. The second-order valence-corrected chi connectivity index (χ2v) is 5.40. The lowest BCUT2D eigenvalue weighted by atomic mass is 10.1. The zero-order valence-electron chi connectivity index (χ0n) is 11.7. The summed E-state index contributed by atoms with van der Waals surface area (Å²) in [4.78, 5) is 11.9. The smallest absolute Gasteiger partial charge is 0.220 e. The van der Waals surface area contributed by atoms with Gasteiger partial charge in [-0.1, -0.05) is 0 Å². The molecular weight excluding hydrogens is 242 g/mol. The second-order valence-electron chi connectivity index (χ2n) is 5.40. The molecule has 0 radical (unpaired) electrons. The van der Waals surface area contributed by atoms with Crippen molar-refractivity contribution in [1.29, 1.82) is 0 Å². The van der Waals surface area contributed by atoms with Crippen LogP contribution >= 0.6 is 0 Å². The highest BCUT2D eigenvalue weighted by Crippen LogP contribution is 2.33. The number of amides is 1. The summed E-state index contributed by atoms with van der Waals surface area (Å²) in [6.07, 6.45) is 6.06. The molecule has 19 heavy (non-hydrogen) atoms. The summed E-state index contributed by atoms with van der Waals surface area (Å²) in [5, 5.41) is 16.2. The summed E-state index contributed by atoms with van der Waals surface area (Å²) < 4.78 is 1.83. The Balaban J connectivity index is 1.79. The maximum Gasteiger partial charge on any atom is 0.220 e. The Bertz CT molecular complexity index is 438. The molecule has 1 aliphatic carbocycles. The molecule has 5 heteroatoms. The molecule has 1 aromatic rings. The summed E-state index contributed by atoms with van der Waals surface area (Å²) in [5.74, 6) is 0.657. The van der Waals surface area contributed by atoms with Crippen molar-refractivity contribution in [1.82, 2.24) is 15.1 Å². The fourth-order valence-corrected chi connectivity index (χ4v) is 2.38. The molecule has 0 bridgehead atoms. The number of rotatable bonds is 7. The van der Waals surface area contributed by atoms with E-state index in [-0.39, 0.29) is 18.6 Å². The first-order valence-electron chi connectivity index (χ1n) is 6.99. The second kappa shape index (κ2) is 6.19. The van der Waals surface area contributed by atoms with Gasteiger partial charge >= 0.3 is 0 Å². The van der Waals surface area contributed by atoms with E-state index in [9.17, 15) is 4.79 Å². The summed E-state index contributed by atoms with van der Waals surface area (Å²) >= 11 is 0. The van der Waals surface area contributed by atoms with Gasteiger partial charge in [-0.15, -0.1) is 0 Å². The van der Waals surface area contributed by atoms with E-state index in [4.69, 9.17) is 5.11 Å². The van der Waals surface area contributed by atoms with Gasteiger partial charge in [-0.05, 0) is 44.1 Å². The number of hydrogen-bond donors (Lipinski definition) is 2. The van der Waals surface area contributed by atoms with Crippen molar-refractivity contribution >= 4 is 5.91 Å². The largest absolute Gasteiger partial charge is 0.396 e. The third-order valence-electron chi connectivity index (χ3n) is 3.94. The maximum absolute atomic E-state index is 11.9. The van der Waals surface area contributed by atoms with Gasteiger partial charge in [0, 0.05) is 31.8 Å². The Hall–Kier alpha value is -1.36. The van der Waals surface area contributed by atoms with E-state index in [1.165, 1.54) is 12.8 Å². The highest BCUT2D eigenvalue weighted by molar-refractivity contribution is 5.76.